The molecule has 1 heterocycles. The fraction of sp³-hybridized carbons (Fsp3) is 0.667. The molecule has 0 bridgehead atoms. The second-order valence-corrected chi connectivity index (χ2v) is 4.43. The Bertz CT molecular complexity index is 403. The van der Waals surface area contributed by atoms with Crippen LogP contribution in [0.3, 0.4) is 0 Å². The van der Waals surface area contributed by atoms with Crippen LogP contribution in [0.5, 0.6) is 0 Å². The van der Waals surface area contributed by atoms with Gasteiger partial charge in [-0.2, -0.15) is 5.10 Å². The van der Waals surface area contributed by atoms with E-state index in [1.54, 1.807) is 18.0 Å². The van der Waals surface area contributed by atoms with Crippen molar-refractivity contribution in [3.05, 3.63) is 17.5 Å². The number of aryl methyl sites for hydroxylation is 1. The Morgan fingerprint density at radius 2 is 2.33 bits per heavy atom. The van der Waals surface area contributed by atoms with Gasteiger partial charge in [0.1, 0.15) is 0 Å². The van der Waals surface area contributed by atoms with Crippen molar-refractivity contribution in [2.75, 3.05) is 13.7 Å². The quantitative estimate of drug-likeness (QED) is 0.763. The van der Waals surface area contributed by atoms with E-state index in [-0.39, 0.29) is 11.9 Å². The second-order valence-electron chi connectivity index (χ2n) is 4.43. The standard InChI is InChI=1S/C12H22N4O2/c1-8(10-7-14-16(3)9(10)2)15-12(17)11(13)5-6-18-4/h7-8,11H,5-6,13H2,1-4H3,(H,15,17). The van der Waals surface area contributed by atoms with Gasteiger partial charge in [-0.3, -0.25) is 9.48 Å². The molecule has 2 unspecified atom stereocenters. The summed E-state index contributed by atoms with van der Waals surface area (Å²) in [5.74, 6) is -0.164. The van der Waals surface area contributed by atoms with E-state index < -0.39 is 6.04 Å². The van der Waals surface area contributed by atoms with Gasteiger partial charge in [-0.25, -0.2) is 0 Å². The molecule has 1 aromatic rings. The van der Waals surface area contributed by atoms with E-state index in [1.807, 2.05) is 20.9 Å². The lowest BCUT2D eigenvalue weighted by Gasteiger charge is -2.17. The summed E-state index contributed by atoms with van der Waals surface area (Å²) < 4.78 is 6.68. The Morgan fingerprint density at radius 1 is 1.67 bits per heavy atom. The van der Waals surface area contributed by atoms with Crippen molar-refractivity contribution >= 4 is 5.91 Å². The maximum atomic E-state index is 11.8. The number of aromatic nitrogens is 2. The van der Waals surface area contributed by atoms with Gasteiger partial charge in [-0.15, -0.1) is 0 Å². The van der Waals surface area contributed by atoms with E-state index in [4.69, 9.17) is 10.5 Å². The largest absolute Gasteiger partial charge is 0.385 e. The number of nitrogens with zero attached hydrogens (tertiary/aromatic N) is 2. The summed E-state index contributed by atoms with van der Waals surface area (Å²) in [5, 5.41) is 7.04. The first-order valence-electron chi connectivity index (χ1n) is 6.00. The van der Waals surface area contributed by atoms with Crippen molar-refractivity contribution in [3.63, 3.8) is 0 Å². The van der Waals surface area contributed by atoms with Gasteiger partial charge < -0.3 is 15.8 Å². The molecule has 2 atom stereocenters. The predicted molar refractivity (Wildman–Crippen MR) is 69.0 cm³/mol. The minimum atomic E-state index is -0.538. The average Bonchev–Trinajstić information content (AvgIpc) is 2.66. The molecule has 0 fully saturated rings. The number of methoxy groups -OCH3 is 1. The first-order chi connectivity index (χ1) is 8.47. The van der Waals surface area contributed by atoms with E-state index in [0.29, 0.717) is 13.0 Å². The van der Waals surface area contributed by atoms with Crippen LogP contribution in [0.1, 0.15) is 30.6 Å². The number of rotatable bonds is 6. The summed E-state index contributed by atoms with van der Waals surface area (Å²) in [5.41, 5.74) is 7.80. The number of hydrogen-bond acceptors (Lipinski definition) is 4. The SMILES string of the molecule is COCCC(N)C(=O)NC(C)c1cnn(C)c1C. The summed E-state index contributed by atoms with van der Waals surface area (Å²) in [6, 6.07) is -0.635. The van der Waals surface area contributed by atoms with Gasteiger partial charge in [0.15, 0.2) is 0 Å². The highest BCUT2D eigenvalue weighted by atomic mass is 16.5. The number of nitrogens with two attached hydrogens (primary N) is 1. The van der Waals surface area contributed by atoms with Crippen molar-refractivity contribution in [2.45, 2.75) is 32.4 Å². The lowest BCUT2D eigenvalue weighted by molar-refractivity contribution is -0.123. The Hall–Kier alpha value is -1.40. The molecule has 1 rings (SSSR count). The Balaban J connectivity index is 2.56. The van der Waals surface area contributed by atoms with Crippen molar-refractivity contribution < 1.29 is 9.53 Å². The predicted octanol–water partition coefficient (Wildman–Crippen LogP) is 0.270. The van der Waals surface area contributed by atoms with Gasteiger partial charge in [0.2, 0.25) is 5.91 Å². The van der Waals surface area contributed by atoms with Gasteiger partial charge in [0.25, 0.3) is 0 Å². The highest BCUT2D eigenvalue weighted by molar-refractivity contribution is 5.81. The Kier molecular flexibility index (Phi) is 5.30. The van der Waals surface area contributed by atoms with Crippen LogP contribution in [0.2, 0.25) is 0 Å². The zero-order valence-electron chi connectivity index (χ0n) is 11.4. The number of ether oxygens (including phenoxy) is 1. The summed E-state index contributed by atoms with van der Waals surface area (Å²) in [6.45, 7) is 4.37. The normalized spacial score (nSPS) is 14.3. The highest BCUT2D eigenvalue weighted by Gasteiger charge is 2.18. The highest BCUT2D eigenvalue weighted by Crippen LogP contribution is 2.15. The van der Waals surface area contributed by atoms with Gasteiger partial charge in [0, 0.05) is 32.0 Å². The Labute approximate surface area is 107 Å². The topological polar surface area (TPSA) is 82.2 Å². The first-order valence-corrected chi connectivity index (χ1v) is 6.00. The number of hydrogen-bond donors (Lipinski definition) is 2. The van der Waals surface area contributed by atoms with E-state index in [9.17, 15) is 4.79 Å². The van der Waals surface area contributed by atoms with Crippen molar-refractivity contribution in [1.29, 1.82) is 0 Å². The molecule has 0 spiro atoms. The summed E-state index contributed by atoms with van der Waals surface area (Å²) in [4.78, 5) is 11.8. The molecule has 102 valence electrons. The molecular weight excluding hydrogens is 232 g/mol. The van der Waals surface area contributed by atoms with Crippen LogP contribution < -0.4 is 11.1 Å². The van der Waals surface area contributed by atoms with Gasteiger partial charge in [0.05, 0.1) is 18.3 Å². The molecule has 6 nitrogen and oxygen atoms in total. The number of nitrogens with one attached hydrogen (secondary N) is 1. The maximum absolute atomic E-state index is 11.8. The maximum Gasteiger partial charge on any atom is 0.237 e. The minimum Gasteiger partial charge on any atom is -0.385 e. The van der Waals surface area contributed by atoms with E-state index in [2.05, 4.69) is 10.4 Å². The molecule has 0 radical (unpaired) electrons. The molecule has 1 amide bonds. The molecule has 0 aromatic carbocycles. The lowest BCUT2D eigenvalue weighted by atomic mass is 10.1. The minimum absolute atomic E-state index is 0.0974. The molecule has 6 heteroatoms. The Morgan fingerprint density at radius 3 is 2.83 bits per heavy atom. The molecule has 1 aromatic heterocycles. The lowest BCUT2D eigenvalue weighted by Crippen LogP contribution is -2.42. The summed E-state index contributed by atoms with van der Waals surface area (Å²) >= 11 is 0. The summed E-state index contributed by atoms with van der Waals surface area (Å²) in [7, 11) is 3.46. The zero-order valence-corrected chi connectivity index (χ0v) is 11.4. The van der Waals surface area contributed by atoms with Crippen LogP contribution in [0.4, 0.5) is 0 Å². The molecule has 0 saturated carbocycles. The van der Waals surface area contributed by atoms with E-state index >= 15 is 0 Å². The third kappa shape index (κ3) is 3.54. The fourth-order valence-electron chi connectivity index (χ4n) is 1.71. The van der Waals surface area contributed by atoms with Crippen LogP contribution in [-0.2, 0) is 16.6 Å². The monoisotopic (exact) mass is 254 g/mol. The van der Waals surface area contributed by atoms with Crippen molar-refractivity contribution in [2.24, 2.45) is 12.8 Å². The van der Waals surface area contributed by atoms with Crippen LogP contribution in [0, 0.1) is 6.92 Å². The van der Waals surface area contributed by atoms with Gasteiger partial charge in [-0.1, -0.05) is 0 Å². The third-order valence-electron chi connectivity index (χ3n) is 3.07. The van der Waals surface area contributed by atoms with Crippen LogP contribution in [0.25, 0.3) is 0 Å². The molecule has 0 saturated heterocycles. The average molecular weight is 254 g/mol. The first kappa shape index (κ1) is 14.7. The molecule has 0 aliphatic heterocycles. The number of carbonyl (C=O) groups is 1. The van der Waals surface area contributed by atoms with Crippen molar-refractivity contribution in [1.82, 2.24) is 15.1 Å². The second kappa shape index (κ2) is 6.51. The summed E-state index contributed by atoms with van der Waals surface area (Å²) in [6.07, 6.45) is 2.28. The zero-order chi connectivity index (χ0) is 13.7. The molecule has 3 N–H and O–H groups in total. The van der Waals surface area contributed by atoms with Gasteiger partial charge >= 0.3 is 0 Å². The van der Waals surface area contributed by atoms with E-state index in [0.717, 1.165) is 11.3 Å². The number of amides is 1. The van der Waals surface area contributed by atoms with Crippen LogP contribution in [0.15, 0.2) is 6.20 Å². The molecule has 18 heavy (non-hydrogen) atoms. The smallest absolute Gasteiger partial charge is 0.237 e. The van der Waals surface area contributed by atoms with E-state index in [1.165, 1.54) is 0 Å². The van der Waals surface area contributed by atoms with Crippen molar-refractivity contribution in [3.8, 4) is 0 Å². The molecule has 0 aliphatic carbocycles. The third-order valence-corrected chi connectivity index (χ3v) is 3.07. The molecular formula is C12H22N4O2. The van der Waals surface area contributed by atoms with Gasteiger partial charge in [-0.05, 0) is 20.3 Å². The molecule has 0 aliphatic rings. The fourth-order valence-corrected chi connectivity index (χ4v) is 1.71. The van der Waals surface area contributed by atoms with Crippen LogP contribution in [-0.4, -0.2) is 35.4 Å². The van der Waals surface area contributed by atoms with Crippen LogP contribution >= 0.6 is 0 Å². The number of carbonyl (C=O) groups excluding carboxylic acids is 1.